The van der Waals surface area contributed by atoms with Gasteiger partial charge in [-0.05, 0) is 43.0 Å². The maximum atomic E-state index is 13.4. The molecule has 2 aromatic rings. The van der Waals surface area contributed by atoms with Gasteiger partial charge in [0.2, 0.25) is 0 Å². The van der Waals surface area contributed by atoms with E-state index < -0.39 is 20.6 Å². The molecule has 0 radical (unpaired) electrons. The minimum absolute atomic E-state index is 0.230. The minimum Gasteiger partial charge on any atom is -0.263 e. The molecule has 2 aromatic carbocycles. The van der Waals surface area contributed by atoms with Crippen molar-refractivity contribution in [1.29, 1.82) is 0 Å². The molecule has 0 N–H and O–H groups in total. The van der Waals surface area contributed by atoms with E-state index in [1.165, 1.54) is 28.6 Å². The molecule has 0 aromatic heterocycles. The van der Waals surface area contributed by atoms with Crippen LogP contribution in [0, 0.1) is 10.1 Å². The average molecular weight is 425 g/mol. The number of halogens is 1. The molecule has 8 heteroatoms. The van der Waals surface area contributed by atoms with Gasteiger partial charge in [-0.3, -0.25) is 14.4 Å². The van der Waals surface area contributed by atoms with E-state index in [0.29, 0.717) is 18.5 Å². The topological polar surface area (TPSA) is 80.5 Å². The van der Waals surface area contributed by atoms with Gasteiger partial charge in [0, 0.05) is 16.6 Å². The molecule has 1 unspecified atom stereocenters. The molecule has 0 amide bonds. The number of nitrogens with zero attached hydrogens (tertiary/aromatic N) is 2. The molecular formula is C17H17BrN2O4S. The van der Waals surface area contributed by atoms with E-state index in [1.54, 1.807) is 12.1 Å². The fraction of sp³-hybridized carbons (Fsp3) is 0.294. The van der Waals surface area contributed by atoms with Crippen LogP contribution in [0.4, 0.5) is 11.4 Å². The second kappa shape index (κ2) is 6.76. The van der Waals surface area contributed by atoms with Crippen molar-refractivity contribution in [2.75, 3.05) is 4.31 Å². The summed E-state index contributed by atoms with van der Waals surface area (Å²) in [6, 6.07) is 10.7. The van der Waals surface area contributed by atoms with Gasteiger partial charge >= 0.3 is 0 Å². The highest BCUT2D eigenvalue weighted by atomic mass is 79.9. The normalized spacial score (nSPS) is 17.2. The number of rotatable bonds is 4. The largest absolute Gasteiger partial charge is 0.289 e. The monoisotopic (exact) mass is 424 g/mol. The third-order valence-corrected chi connectivity index (χ3v) is 7.12. The van der Waals surface area contributed by atoms with Crippen molar-refractivity contribution < 1.29 is 13.3 Å². The molecule has 6 nitrogen and oxygen atoms in total. The Hall–Kier alpha value is -1.93. The summed E-state index contributed by atoms with van der Waals surface area (Å²) in [7, 11) is -4.06. The van der Waals surface area contributed by atoms with Crippen LogP contribution in [0.5, 0.6) is 0 Å². The molecule has 1 aliphatic rings. The Bertz CT molecular complexity index is 930. The van der Waals surface area contributed by atoms with Crippen LogP contribution in [-0.2, 0) is 16.4 Å². The summed E-state index contributed by atoms with van der Waals surface area (Å²) in [6.45, 7) is 1.93. The SMILES string of the molecule is CCC1CCc2c(Br)cccc2N1S(=O)(=O)c1ccccc1[N+](=O)[O-]. The molecule has 0 bridgehead atoms. The van der Waals surface area contributed by atoms with Gasteiger partial charge in [-0.1, -0.05) is 41.1 Å². The Morgan fingerprint density at radius 2 is 1.96 bits per heavy atom. The lowest BCUT2D eigenvalue weighted by Gasteiger charge is -2.37. The van der Waals surface area contributed by atoms with Crippen LogP contribution in [-0.4, -0.2) is 19.4 Å². The third-order valence-electron chi connectivity index (χ3n) is 4.46. The molecule has 1 aliphatic heterocycles. The smallest absolute Gasteiger partial charge is 0.263 e. The van der Waals surface area contributed by atoms with Crippen molar-refractivity contribution >= 4 is 37.3 Å². The summed E-state index contributed by atoms with van der Waals surface area (Å²) in [5.74, 6) is 0. The molecule has 0 saturated carbocycles. The minimum atomic E-state index is -4.06. The number of hydrogen-bond acceptors (Lipinski definition) is 4. The van der Waals surface area contributed by atoms with Gasteiger partial charge in [0.15, 0.2) is 4.90 Å². The third kappa shape index (κ3) is 3.04. The van der Waals surface area contributed by atoms with E-state index in [-0.39, 0.29) is 10.9 Å². The number of nitro groups is 1. The van der Waals surface area contributed by atoms with Crippen molar-refractivity contribution in [3.8, 4) is 0 Å². The first-order chi connectivity index (χ1) is 11.9. The van der Waals surface area contributed by atoms with E-state index >= 15 is 0 Å². The first-order valence-corrected chi connectivity index (χ1v) is 10.2. The summed E-state index contributed by atoms with van der Waals surface area (Å²) >= 11 is 3.48. The number of para-hydroxylation sites is 1. The number of hydrogen-bond donors (Lipinski definition) is 0. The van der Waals surface area contributed by atoms with Gasteiger partial charge in [0.1, 0.15) is 0 Å². The standard InChI is InChI=1S/C17H17BrN2O4S/c1-2-12-10-11-13-14(18)6-5-8-15(13)19(12)25(23,24)17-9-4-3-7-16(17)20(21)22/h3-9,12H,2,10-11H2,1H3. The van der Waals surface area contributed by atoms with Crippen LogP contribution in [0.1, 0.15) is 25.3 Å². The van der Waals surface area contributed by atoms with E-state index in [0.717, 1.165) is 16.5 Å². The van der Waals surface area contributed by atoms with Gasteiger partial charge < -0.3 is 0 Å². The quantitative estimate of drug-likeness (QED) is 0.541. The molecule has 1 atom stereocenters. The number of sulfonamides is 1. The first kappa shape index (κ1) is 17.9. The van der Waals surface area contributed by atoms with E-state index in [2.05, 4.69) is 15.9 Å². The molecule has 132 valence electrons. The molecule has 0 fully saturated rings. The fourth-order valence-electron chi connectivity index (χ4n) is 3.25. The number of anilines is 1. The van der Waals surface area contributed by atoms with E-state index in [4.69, 9.17) is 0 Å². The lowest BCUT2D eigenvalue weighted by atomic mass is 9.97. The van der Waals surface area contributed by atoms with Gasteiger partial charge in [-0.15, -0.1) is 0 Å². The zero-order valence-corrected chi connectivity index (χ0v) is 16.0. The molecule has 0 saturated heterocycles. The molecular weight excluding hydrogens is 408 g/mol. The Morgan fingerprint density at radius 1 is 1.24 bits per heavy atom. The summed E-state index contributed by atoms with van der Waals surface area (Å²) in [5, 5.41) is 11.3. The predicted octanol–water partition coefficient (Wildman–Crippen LogP) is 4.28. The Morgan fingerprint density at radius 3 is 2.64 bits per heavy atom. The molecule has 3 rings (SSSR count). The number of benzene rings is 2. The number of fused-ring (bicyclic) bond motifs is 1. The maximum absolute atomic E-state index is 13.4. The van der Waals surface area contributed by atoms with Crippen LogP contribution < -0.4 is 4.31 Å². The Balaban J connectivity index is 2.23. The van der Waals surface area contributed by atoms with Crippen LogP contribution >= 0.6 is 15.9 Å². The zero-order valence-electron chi connectivity index (χ0n) is 13.6. The highest BCUT2D eigenvalue weighted by Gasteiger charge is 2.38. The van der Waals surface area contributed by atoms with Gasteiger partial charge in [0.05, 0.1) is 10.6 Å². The Labute approximate surface area is 154 Å². The molecule has 0 spiro atoms. The second-order valence-electron chi connectivity index (χ2n) is 5.86. The average Bonchev–Trinajstić information content (AvgIpc) is 2.60. The van der Waals surface area contributed by atoms with Gasteiger partial charge in [-0.25, -0.2) is 8.42 Å². The highest BCUT2D eigenvalue weighted by Crippen LogP contribution is 2.40. The predicted molar refractivity (Wildman–Crippen MR) is 99.3 cm³/mol. The van der Waals surface area contributed by atoms with Crippen LogP contribution in [0.15, 0.2) is 51.8 Å². The van der Waals surface area contributed by atoms with Gasteiger partial charge in [0.25, 0.3) is 15.7 Å². The highest BCUT2D eigenvalue weighted by molar-refractivity contribution is 9.10. The van der Waals surface area contributed by atoms with Crippen molar-refractivity contribution in [3.63, 3.8) is 0 Å². The number of nitro benzene ring substituents is 1. The Kier molecular flexibility index (Phi) is 4.83. The van der Waals surface area contributed by atoms with Crippen molar-refractivity contribution in [3.05, 3.63) is 62.6 Å². The van der Waals surface area contributed by atoms with Crippen LogP contribution in [0.2, 0.25) is 0 Å². The lowest BCUT2D eigenvalue weighted by Crippen LogP contribution is -2.43. The first-order valence-electron chi connectivity index (χ1n) is 7.93. The molecule has 0 aliphatic carbocycles. The summed E-state index contributed by atoms with van der Waals surface area (Å²) < 4.78 is 28.9. The van der Waals surface area contributed by atoms with Crippen molar-refractivity contribution in [2.24, 2.45) is 0 Å². The second-order valence-corrected chi connectivity index (χ2v) is 8.50. The van der Waals surface area contributed by atoms with Crippen molar-refractivity contribution in [2.45, 2.75) is 37.1 Å². The van der Waals surface area contributed by atoms with Crippen LogP contribution in [0.3, 0.4) is 0 Å². The fourth-order valence-corrected chi connectivity index (χ4v) is 5.75. The summed E-state index contributed by atoms with van der Waals surface area (Å²) in [6.07, 6.45) is 2.07. The van der Waals surface area contributed by atoms with Gasteiger partial charge in [-0.2, -0.15) is 0 Å². The van der Waals surface area contributed by atoms with E-state index in [9.17, 15) is 18.5 Å². The van der Waals surface area contributed by atoms with E-state index in [1.807, 2.05) is 13.0 Å². The summed E-state index contributed by atoms with van der Waals surface area (Å²) in [5.41, 5.74) is 1.10. The van der Waals surface area contributed by atoms with Crippen LogP contribution in [0.25, 0.3) is 0 Å². The maximum Gasteiger partial charge on any atom is 0.289 e. The molecule has 1 heterocycles. The molecule has 25 heavy (non-hydrogen) atoms. The lowest BCUT2D eigenvalue weighted by molar-refractivity contribution is -0.387. The van der Waals surface area contributed by atoms with Crippen molar-refractivity contribution in [1.82, 2.24) is 0 Å². The zero-order chi connectivity index (χ0) is 18.2. The summed E-state index contributed by atoms with van der Waals surface area (Å²) in [4.78, 5) is 10.4.